The molecule has 0 radical (unpaired) electrons. The molecule has 2 N–H and O–H groups in total. The maximum absolute atomic E-state index is 12.5. The molecule has 0 saturated heterocycles. The lowest BCUT2D eigenvalue weighted by Crippen LogP contribution is -2.40. The largest absolute Gasteiger partial charge is 0.493 e. The van der Waals surface area contributed by atoms with Crippen LogP contribution >= 0.6 is 0 Å². The van der Waals surface area contributed by atoms with Crippen LogP contribution in [0.4, 0.5) is 5.69 Å². The fraction of sp³-hybridized carbons (Fsp3) is 0.176. The summed E-state index contributed by atoms with van der Waals surface area (Å²) in [5.41, 5.74) is 0.613. The molecule has 3 rings (SSSR count). The van der Waals surface area contributed by atoms with Crippen molar-refractivity contribution in [2.24, 2.45) is 0 Å². The van der Waals surface area contributed by atoms with Crippen molar-refractivity contribution in [1.29, 1.82) is 0 Å². The van der Waals surface area contributed by atoms with Crippen LogP contribution in [0.2, 0.25) is 0 Å². The third-order valence-electron chi connectivity index (χ3n) is 3.70. The van der Waals surface area contributed by atoms with Gasteiger partial charge in [0.15, 0.2) is 11.5 Å². The quantitative estimate of drug-likeness (QED) is 0.829. The fourth-order valence-electron chi connectivity index (χ4n) is 2.50. The van der Waals surface area contributed by atoms with E-state index in [1.54, 1.807) is 24.3 Å². The van der Waals surface area contributed by atoms with E-state index in [1.165, 1.54) is 32.4 Å². The van der Waals surface area contributed by atoms with Crippen molar-refractivity contribution in [2.75, 3.05) is 19.5 Å². The van der Waals surface area contributed by atoms with Crippen LogP contribution in [-0.2, 0) is 15.3 Å². The molecule has 7 nitrogen and oxygen atoms in total. The number of anilines is 1. The van der Waals surface area contributed by atoms with E-state index in [0.717, 1.165) is 0 Å². The predicted molar refractivity (Wildman–Crippen MR) is 83.9 cm³/mol. The maximum Gasteiger partial charge on any atom is 0.341 e. The van der Waals surface area contributed by atoms with Gasteiger partial charge in [-0.25, -0.2) is 4.79 Å². The molecule has 1 amide bonds. The van der Waals surface area contributed by atoms with Crippen molar-refractivity contribution < 1.29 is 28.9 Å². The summed E-state index contributed by atoms with van der Waals surface area (Å²) in [4.78, 5) is 24.3. The number of cyclic esters (lactones) is 1. The molecule has 1 heterocycles. The molecular formula is C17H15NO6. The van der Waals surface area contributed by atoms with Gasteiger partial charge in [-0.2, -0.15) is 0 Å². The number of fused-ring (bicyclic) bond motifs is 1. The molecule has 2 aromatic rings. The lowest BCUT2D eigenvalue weighted by molar-refractivity contribution is -0.180. The number of esters is 1. The average molecular weight is 329 g/mol. The molecule has 24 heavy (non-hydrogen) atoms. The Hall–Kier alpha value is -3.06. The smallest absolute Gasteiger partial charge is 0.341 e. The van der Waals surface area contributed by atoms with E-state index < -0.39 is 17.7 Å². The van der Waals surface area contributed by atoms with Gasteiger partial charge in [0.05, 0.1) is 19.8 Å². The van der Waals surface area contributed by atoms with Gasteiger partial charge in [0.25, 0.3) is 0 Å². The van der Waals surface area contributed by atoms with E-state index in [4.69, 9.17) is 14.2 Å². The van der Waals surface area contributed by atoms with Crippen LogP contribution < -0.4 is 14.8 Å². The molecule has 7 heteroatoms. The predicted octanol–water partition coefficient (Wildman–Crippen LogP) is 1.66. The van der Waals surface area contributed by atoms with Crippen LogP contribution in [0.25, 0.3) is 0 Å². The molecule has 1 unspecified atom stereocenters. The molecule has 0 fully saturated rings. The minimum Gasteiger partial charge on any atom is -0.493 e. The van der Waals surface area contributed by atoms with Crippen LogP contribution in [0.5, 0.6) is 11.5 Å². The highest BCUT2D eigenvalue weighted by atomic mass is 16.7. The summed E-state index contributed by atoms with van der Waals surface area (Å²) in [6, 6.07) is 10.9. The normalized spacial score (nSPS) is 18.5. The van der Waals surface area contributed by atoms with Crippen LogP contribution in [0.15, 0.2) is 42.5 Å². The van der Waals surface area contributed by atoms with Crippen LogP contribution in [0.1, 0.15) is 15.9 Å². The monoisotopic (exact) mass is 329 g/mol. The average Bonchev–Trinajstić information content (AvgIpc) is 2.87. The first-order valence-electron chi connectivity index (χ1n) is 7.08. The lowest BCUT2D eigenvalue weighted by atomic mass is 10.0. The molecule has 0 aliphatic carbocycles. The minimum atomic E-state index is -2.37. The second kappa shape index (κ2) is 5.86. The first-order chi connectivity index (χ1) is 11.5. The summed E-state index contributed by atoms with van der Waals surface area (Å²) in [6.07, 6.45) is 0. The van der Waals surface area contributed by atoms with E-state index in [9.17, 15) is 14.7 Å². The van der Waals surface area contributed by atoms with Gasteiger partial charge in [-0.1, -0.05) is 18.2 Å². The number of methoxy groups -OCH3 is 2. The number of benzene rings is 2. The number of aliphatic hydroxyl groups is 1. The third-order valence-corrected chi connectivity index (χ3v) is 3.70. The summed E-state index contributed by atoms with van der Waals surface area (Å²) in [6.45, 7) is 0. The molecule has 1 aliphatic rings. The number of rotatable bonds is 4. The molecule has 0 saturated carbocycles. The number of carbonyl (C=O) groups is 2. The third kappa shape index (κ3) is 2.44. The SMILES string of the molecule is COc1ccc(NC(=O)C2(O)OC(=O)c3ccccc32)cc1OC. The zero-order chi connectivity index (χ0) is 17.3. The Morgan fingerprint density at radius 2 is 1.83 bits per heavy atom. The van der Waals surface area contributed by atoms with Gasteiger partial charge in [-0.15, -0.1) is 0 Å². The van der Waals surface area contributed by atoms with Crippen molar-refractivity contribution in [3.63, 3.8) is 0 Å². The number of hydrogen-bond acceptors (Lipinski definition) is 6. The highest BCUT2D eigenvalue weighted by molar-refractivity contribution is 6.05. The molecule has 124 valence electrons. The number of amides is 1. The first kappa shape index (κ1) is 15.8. The Balaban J connectivity index is 1.90. The molecule has 0 aromatic heterocycles. The van der Waals surface area contributed by atoms with Crippen LogP contribution in [0.3, 0.4) is 0 Å². The van der Waals surface area contributed by atoms with E-state index in [0.29, 0.717) is 17.2 Å². The van der Waals surface area contributed by atoms with Crippen molar-refractivity contribution in [3.05, 3.63) is 53.6 Å². The van der Waals surface area contributed by atoms with E-state index in [-0.39, 0.29) is 11.1 Å². The summed E-state index contributed by atoms with van der Waals surface area (Å²) < 4.78 is 15.2. The molecule has 1 aliphatic heterocycles. The van der Waals surface area contributed by atoms with Gasteiger partial charge < -0.3 is 24.6 Å². The molecule has 2 aromatic carbocycles. The number of ether oxygens (including phenoxy) is 3. The molecular weight excluding hydrogens is 314 g/mol. The standard InChI is InChI=1S/C17H15NO6/c1-22-13-8-7-10(9-14(13)23-2)18-16(20)17(21)12-6-4-3-5-11(12)15(19)24-17/h3-9,21H,1-2H3,(H,18,20). The van der Waals surface area contributed by atoms with Gasteiger partial charge in [-0.05, 0) is 18.2 Å². The Bertz CT molecular complexity index is 818. The highest BCUT2D eigenvalue weighted by Crippen LogP contribution is 2.36. The van der Waals surface area contributed by atoms with Gasteiger partial charge >= 0.3 is 17.7 Å². The van der Waals surface area contributed by atoms with Crippen LogP contribution in [-0.4, -0.2) is 31.2 Å². The summed E-state index contributed by atoms with van der Waals surface area (Å²) in [5, 5.41) is 13.1. The van der Waals surface area contributed by atoms with Crippen molar-refractivity contribution in [2.45, 2.75) is 5.79 Å². The topological polar surface area (TPSA) is 94.1 Å². The van der Waals surface area contributed by atoms with E-state index in [1.807, 2.05) is 0 Å². The zero-order valence-corrected chi connectivity index (χ0v) is 13.0. The Kier molecular flexibility index (Phi) is 3.86. The highest BCUT2D eigenvalue weighted by Gasteiger charge is 2.50. The Labute approximate surface area is 137 Å². The van der Waals surface area contributed by atoms with Gasteiger partial charge in [0.1, 0.15) is 0 Å². The van der Waals surface area contributed by atoms with Crippen molar-refractivity contribution in [3.8, 4) is 11.5 Å². The Morgan fingerprint density at radius 1 is 1.12 bits per heavy atom. The lowest BCUT2D eigenvalue weighted by Gasteiger charge is -2.21. The van der Waals surface area contributed by atoms with Crippen molar-refractivity contribution >= 4 is 17.6 Å². The molecule has 0 bridgehead atoms. The minimum absolute atomic E-state index is 0.105. The number of carbonyl (C=O) groups excluding carboxylic acids is 2. The maximum atomic E-state index is 12.5. The summed E-state index contributed by atoms with van der Waals surface area (Å²) in [5.74, 6) is -3.11. The number of nitrogens with one attached hydrogen (secondary N) is 1. The Morgan fingerprint density at radius 3 is 2.54 bits per heavy atom. The second-order valence-electron chi connectivity index (χ2n) is 5.10. The van der Waals surface area contributed by atoms with E-state index in [2.05, 4.69) is 5.32 Å². The van der Waals surface area contributed by atoms with E-state index >= 15 is 0 Å². The summed E-state index contributed by atoms with van der Waals surface area (Å²) >= 11 is 0. The van der Waals surface area contributed by atoms with Gasteiger partial charge in [0.2, 0.25) is 0 Å². The first-order valence-corrected chi connectivity index (χ1v) is 7.08. The fourth-order valence-corrected chi connectivity index (χ4v) is 2.50. The zero-order valence-electron chi connectivity index (χ0n) is 13.0. The van der Waals surface area contributed by atoms with Gasteiger partial charge in [-0.3, -0.25) is 4.79 Å². The van der Waals surface area contributed by atoms with Crippen LogP contribution in [0, 0.1) is 0 Å². The summed E-state index contributed by atoms with van der Waals surface area (Å²) in [7, 11) is 2.96. The molecule has 0 spiro atoms. The van der Waals surface area contributed by atoms with Crippen molar-refractivity contribution in [1.82, 2.24) is 0 Å². The second-order valence-corrected chi connectivity index (χ2v) is 5.10. The van der Waals surface area contributed by atoms with Gasteiger partial charge in [0, 0.05) is 17.3 Å². The number of hydrogen-bond donors (Lipinski definition) is 2. The molecule has 1 atom stereocenters.